The third-order valence-electron chi connectivity index (χ3n) is 3.40. The Hall–Kier alpha value is -2.89. The first kappa shape index (κ1) is 14.1. The molecule has 0 bridgehead atoms. The van der Waals surface area contributed by atoms with Gasteiger partial charge in [0.2, 0.25) is 0 Å². The van der Waals surface area contributed by atoms with Crippen molar-refractivity contribution in [1.82, 2.24) is 24.8 Å². The van der Waals surface area contributed by atoms with E-state index in [1.165, 1.54) is 0 Å². The number of amides is 1. The molecule has 0 spiro atoms. The summed E-state index contributed by atoms with van der Waals surface area (Å²) in [6, 6.07) is 5.62. The van der Waals surface area contributed by atoms with Gasteiger partial charge in [-0.15, -0.1) is 0 Å². The van der Waals surface area contributed by atoms with Gasteiger partial charge in [-0.3, -0.25) is 14.8 Å². The van der Waals surface area contributed by atoms with E-state index >= 15 is 0 Å². The summed E-state index contributed by atoms with van der Waals surface area (Å²) in [6.07, 6.45) is 9.00. The lowest BCUT2D eigenvalue weighted by Gasteiger charge is -2.17. The summed E-state index contributed by atoms with van der Waals surface area (Å²) >= 11 is 0. The van der Waals surface area contributed by atoms with E-state index in [1.54, 1.807) is 49.0 Å². The molecule has 22 heavy (non-hydrogen) atoms. The van der Waals surface area contributed by atoms with Crippen molar-refractivity contribution in [2.45, 2.75) is 6.42 Å². The number of hydrogen-bond acceptors (Lipinski definition) is 5. The molecule has 3 aromatic heterocycles. The Labute approximate surface area is 127 Å². The number of pyridine rings is 2. The maximum atomic E-state index is 12.4. The summed E-state index contributed by atoms with van der Waals surface area (Å²) in [5.41, 5.74) is 2.83. The molecule has 3 aromatic rings. The summed E-state index contributed by atoms with van der Waals surface area (Å²) < 4.78 is 0. The fourth-order valence-corrected chi connectivity index (χ4v) is 2.14. The first-order valence-corrected chi connectivity index (χ1v) is 6.95. The molecule has 0 atom stereocenters. The molecule has 0 N–H and O–H groups in total. The smallest absolute Gasteiger partial charge is 0.255 e. The number of fused-ring (bicyclic) bond motifs is 1. The van der Waals surface area contributed by atoms with Gasteiger partial charge in [0.25, 0.3) is 5.91 Å². The Balaban J connectivity index is 1.71. The molecular weight excluding hydrogens is 278 g/mol. The van der Waals surface area contributed by atoms with Crippen molar-refractivity contribution >= 4 is 17.1 Å². The minimum absolute atomic E-state index is 0.0749. The zero-order valence-electron chi connectivity index (χ0n) is 12.2. The van der Waals surface area contributed by atoms with Crippen LogP contribution in [0.25, 0.3) is 11.2 Å². The second kappa shape index (κ2) is 6.26. The fraction of sp³-hybridized carbons (Fsp3) is 0.188. The van der Waals surface area contributed by atoms with Crippen LogP contribution in [0.4, 0.5) is 0 Å². The Morgan fingerprint density at radius 2 is 1.86 bits per heavy atom. The third-order valence-corrected chi connectivity index (χ3v) is 3.40. The van der Waals surface area contributed by atoms with E-state index in [9.17, 15) is 4.79 Å². The van der Waals surface area contributed by atoms with Crippen LogP contribution in [0.2, 0.25) is 0 Å². The zero-order valence-corrected chi connectivity index (χ0v) is 12.2. The van der Waals surface area contributed by atoms with Crippen LogP contribution in [-0.4, -0.2) is 44.3 Å². The average molecular weight is 293 g/mol. The van der Waals surface area contributed by atoms with E-state index in [0.29, 0.717) is 23.3 Å². The van der Waals surface area contributed by atoms with Gasteiger partial charge < -0.3 is 4.90 Å². The molecule has 0 radical (unpaired) electrons. The van der Waals surface area contributed by atoms with Crippen LogP contribution < -0.4 is 0 Å². The van der Waals surface area contributed by atoms with Crippen LogP contribution in [0.15, 0.2) is 49.2 Å². The van der Waals surface area contributed by atoms with E-state index in [0.717, 1.165) is 12.0 Å². The molecule has 0 aliphatic heterocycles. The predicted molar refractivity (Wildman–Crippen MR) is 82.2 cm³/mol. The fourth-order valence-electron chi connectivity index (χ4n) is 2.14. The van der Waals surface area contributed by atoms with Gasteiger partial charge >= 0.3 is 0 Å². The highest BCUT2D eigenvalue weighted by molar-refractivity contribution is 5.96. The highest BCUT2D eigenvalue weighted by Crippen LogP contribution is 2.10. The summed E-state index contributed by atoms with van der Waals surface area (Å²) in [5, 5.41) is 0. The van der Waals surface area contributed by atoms with E-state index in [2.05, 4.69) is 19.9 Å². The number of hydrogen-bond donors (Lipinski definition) is 0. The van der Waals surface area contributed by atoms with Gasteiger partial charge in [-0.1, -0.05) is 0 Å². The van der Waals surface area contributed by atoms with Crippen molar-refractivity contribution < 1.29 is 4.79 Å². The lowest BCUT2D eigenvalue weighted by molar-refractivity contribution is 0.0796. The van der Waals surface area contributed by atoms with Gasteiger partial charge in [0.1, 0.15) is 5.52 Å². The summed E-state index contributed by atoms with van der Waals surface area (Å²) in [5.74, 6) is -0.0749. The molecule has 6 heteroatoms. The van der Waals surface area contributed by atoms with Gasteiger partial charge in [-0.05, 0) is 30.2 Å². The lowest BCUT2D eigenvalue weighted by atomic mass is 10.2. The highest BCUT2D eigenvalue weighted by Gasteiger charge is 2.13. The highest BCUT2D eigenvalue weighted by atomic mass is 16.2. The quantitative estimate of drug-likeness (QED) is 0.732. The second-order valence-electron chi connectivity index (χ2n) is 4.96. The van der Waals surface area contributed by atoms with Crippen molar-refractivity contribution in [3.05, 3.63) is 60.3 Å². The van der Waals surface area contributed by atoms with Crippen molar-refractivity contribution in [2.75, 3.05) is 13.6 Å². The van der Waals surface area contributed by atoms with Gasteiger partial charge in [-0.25, -0.2) is 9.97 Å². The Morgan fingerprint density at radius 3 is 2.68 bits per heavy atom. The van der Waals surface area contributed by atoms with Crippen molar-refractivity contribution in [2.24, 2.45) is 0 Å². The second-order valence-corrected chi connectivity index (χ2v) is 4.96. The van der Waals surface area contributed by atoms with Crippen LogP contribution in [0.5, 0.6) is 0 Å². The van der Waals surface area contributed by atoms with Crippen molar-refractivity contribution in [3.63, 3.8) is 0 Å². The molecule has 0 aliphatic carbocycles. The van der Waals surface area contributed by atoms with E-state index in [1.807, 2.05) is 12.1 Å². The third kappa shape index (κ3) is 3.06. The molecule has 0 fully saturated rings. The maximum Gasteiger partial charge on any atom is 0.255 e. The Bertz CT molecular complexity index is 791. The van der Waals surface area contributed by atoms with Crippen LogP contribution in [0.1, 0.15) is 15.9 Å². The Morgan fingerprint density at radius 1 is 1.09 bits per heavy atom. The predicted octanol–water partition coefficient (Wildman–Crippen LogP) is 1.73. The van der Waals surface area contributed by atoms with Gasteiger partial charge in [0, 0.05) is 44.6 Å². The minimum Gasteiger partial charge on any atom is -0.341 e. The van der Waals surface area contributed by atoms with Crippen LogP contribution in [0, 0.1) is 0 Å². The lowest BCUT2D eigenvalue weighted by Crippen LogP contribution is -2.29. The maximum absolute atomic E-state index is 12.4. The molecule has 0 aliphatic rings. The molecule has 1 amide bonds. The number of rotatable bonds is 4. The standard InChI is InChI=1S/C16H15N5O/c1-21(9-4-12-2-5-17-6-3-12)16(22)13-10-14-15(20-11-13)19-8-7-18-14/h2-3,5-8,10-11H,4,9H2,1H3. The number of nitrogens with zero attached hydrogens (tertiary/aromatic N) is 5. The molecule has 110 valence electrons. The number of carbonyl (C=O) groups excluding carboxylic acids is 1. The number of aromatic nitrogens is 4. The first-order chi connectivity index (χ1) is 10.7. The molecule has 0 saturated carbocycles. The van der Waals surface area contributed by atoms with Crippen molar-refractivity contribution in [3.8, 4) is 0 Å². The summed E-state index contributed by atoms with van der Waals surface area (Å²) in [7, 11) is 1.78. The first-order valence-electron chi connectivity index (χ1n) is 6.95. The molecule has 6 nitrogen and oxygen atoms in total. The molecule has 0 unspecified atom stereocenters. The van der Waals surface area contributed by atoms with Crippen LogP contribution in [0.3, 0.4) is 0 Å². The molecular formula is C16H15N5O. The molecule has 3 rings (SSSR count). The number of carbonyl (C=O) groups is 1. The molecule has 3 heterocycles. The van der Waals surface area contributed by atoms with Gasteiger partial charge in [0.05, 0.1) is 5.56 Å². The van der Waals surface area contributed by atoms with E-state index < -0.39 is 0 Å². The van der Waals surface area contributed by atoms with Gasteiger partial charge in [0.15, 0.2) is 5.65 Å². The SMILES string of the molecule is CN(CCc1ccncc1)C(=O)c1cnc2nccnc2c1. The van der Waals surface area contributed by atoms with E-state index in [-0.39, 0.29) is 5.91 Å². The average Bonchev–Trinajstić information content (AvgIpc) is 2.59. The Kier molecular flexibility index (Phi) is 4.00. The topological polar surface area (TPSA) is 71.9 Å². The summed E-state index contributed by atoms with van der Waals surface area (Å²) in [4.78, 5) is 30.5. The molecule has 0 aromatic carbocycles. The summed E-state index contributed by atoms with van der Waals surface area (Å²) in [6.45, 7) is 0.626. The van der Waals surface area contributed by atoms with Crippen LogP contribution in [-0.2, 0) is 6.42 Å². The molecule has 0 saturated heterocycles. The van der Waals surface area contributed by atoms with E-state index in [4.69, 9.17) is 0 Å². The van der Waals surface area contributed by atoms with Gasteiger partial charge in [-0.2, -0.15) is 0 Å². The minimum atomic E-state index is -0.0749. The normalized spacial score (nSPS) is 10.6. The van der Waals surface area contributed by atoms with Crippen molar-refractivity contribution in [1.29, 1.82) is 0 Å². The zero-order chi connectivity index (χ0) is 15.4. The number of likely N-dealkylation sites (N-methyl/N-ethyl adjacent to an activating group) is 1. The largest absolute Gasteiger partial charge is 0.341 e. The monoisotopic (exact) mass is 293 g/mol. The van der Waals surface area contributed by atoms with Crippen LogP contribution >= 0.6 is 0 Å².